The minimum atomic E-state index is -0.766. The number of rotatable bonds is 5. The molecule has 0 radical (unpaired) electrons. The fourth-order valence-corrected chi connectivity index (χ4v) is 5.54. The van der Waals surface area contributed by atoms with Crippen LogP contribution in [0.15, 0.2) is 94.2 Å². The molecule has 37 heavy (non-hydrogen) atoms. The van der Waals surface area contributed by atoms with E-state index in [0.29, 0.717) is 37.7 Å². The van der Waals surface area contributed by atoms with E-state index in [1.54, 1.807) is 17.6 Å². The van der Waals surface area contributed by atoms with Gasteiger partial charge in [-0.3, -0.25) is 9.36 Å². The van der Waals surface area contributed by atoms with Crippen molar-refractivity contribution in [1.29, 1.82) is 0 Å². The molecular formula is C29H22N2O5S. The fourth-order valence-electron chi connectivity index (χ4n) is 4.54. The van der Waals surface area contributed by atoms with E-state index in [1.807, 2.05) is 78.9 Å². The van der Waals surface area contributed by atoms with Gasteiger partial charge in [0.15, 0.2) is 16.3 Å². The Labute approximate surface area is 216 Å². The Bertz CT molecular complexity index is 1700. The van der Waals surface area contributed by atoms with Crippen LogP contribution in [-0.4, -0.2) is 23.9 Å². The van der Waals surface area contributed by atoms with E-state index in [2.05, 4.69) is 0 Å². The van der Waals surface area contributed by atoms with Gasteiger partial charge >= 0.3 is 5.97 Å². The summed E-state index contributed by atoms with van der Waals surface area (Å²) in [4.78, 5) is 32.7. The molecular weight excluding hydrogens is 488 g/mol. The lowest BCUT2D eigenvalue weighted by molar-refractivity contribution is -0.138. The van der Waals surface area contributed by atoms with Gasteiger partial charge in [-0.05, 0) is 36.3 Å². The van der Waals surface area contributed by atoms with Crippen molar-refractivity contribution in [2.45, 2.75) is 13.0 Å². The molecule has 1 aromatic heterocycles. The third-order valence-electron chi connectivity index (χ3n) is 6.18. The number of carbonyl (C=O) groups excluding carboxylic acids is 1. The maximum Gasteiger partial charge on any atom is 0.338 e. The summed E-state index contributed by atoms with van der Waals surface area (Å²) in [6, 6.07) is 23.8. The van der Waals surface area contributed by atoms with Crippen molar-refractivity contribution in [2.24, 2.45) is 4.99 Å². The number of nitrogens with zero attached hydrogens (tertiary/aromatic N) is 2. The number of thiazole rings is 1. The van der Waals surface area contributed by atoms with Gasteiger partial charge in [-0.15, -0.1) is 0 Å². The zero-order valence-electron chi connectivity index (χ0n) is 19.9. The molecule has 184 valence electrons. The summed E-state index contributed by atoms with van der Waals surface area (Å²) >= 11 is 1.29. The highest BCUT2D eigenvalue weighted by atomic mass is 32.1. The first-order valence-corrected chi connectivity index (χ1v) is 12.7. The van der Waals surface area contributed by atoms with Gasteiger partial charge in [-0.1, -0.05) is 78.1 Å². The maximum absolute atomic E-state index is 13.9. The van der Waals surface area contributed by atoms with Crippen molar-refractivity contribution in [2.75, 3.05) is 13.4 Å². The van der Waals surface area contributed by atoms with E-state index < -0.39 is 12.0 Å². The summed E-state index contributed by atoms with van der Waals surface area (Å²) in [7, 11) is 0. The van der Waals surface area contributed by atoms with Crippen LogP contribution in [0.1, 0.15) is 29.7 Å². The van der Waals surface area contributed by atoms with Crippen LogP contribution < -0.4 is 24.4 Å². The zero-order chi connectivity index (χ0) is 25.4. The second-order valence-electron chi connectivity index (χ2n) is 8.45. The number of ether oxygens (including phenoxy) is 3. The summed E-state index contributed by atoms with van der Waals surface area (Å²) in [6.45, 7) is 2.07. The number of fused-ring (bicyclic) bond motifs is 2. The predicted octanol–water partition coefficient (Wildman–Crippen LogP) is 3.66. The Kier molecular flexibility index (Phi) is 5.94. The van der Waals surface area contributed by atoms with Crippen LogP contribution in [0.25, 0.3) is 11.8 Å². The van der Waals surface area contributed by atoms with E-state index in [1.165, 1.54) is 11.3 Å². The van der Waals surface area contributed by atoms with E-state index in [4.69, 9.17) is 19.2 Å². The van der Waals surface area contributed by atoms with E-state index in [9.17, 15) is 9.59 Å². The minimum Gasteiger partial charge on any atom is -0.463 e. The first-order valence-electron chi connectivity index (χ1n) is 11.9. The van der Waals surface area contributed by atoms with Gasteiger partial charge in [0, 0.05) is 5.56 Å². The minimum absolute atomic E-state index is 0.120. The van der Waals surface area contributed by atoms with Crippen molar-refractivity contribution in [1.82, 2.24) is 4.57 Å². The molecule has 1 unspecified atom stereocenters. The van der Waals surface area contributed by atoms with Crippen LogP contribution in [0.4, 0.5) is 0 Å². The van der Waals surface area contributed by atoms with Crippen molar-refractivity contribution >= 4 is 29.1 Å². The van der Waals surface area contributed by atoms with Crippen LogP contribution in [-0.2, 0) is 9.53 Å². The predicted molar refractivity (Wildman–Crippen MR) is 140 cm³/mol. The summed E-state index contributed by atoms with van der Waals surface area (Å²) < 4.78 is 18.7. The molecule has 0 spiro atoms. The highest BCUT2D eigenvalue weighted by Crippen LogP contribution is 2.39. The molecule has 3 heterocycles. The Hall–Kier alpha value is -4.43. The summed E-state index contributed by atoms with van der Waals surface area (Å²) in [5.74, 6) is 0.653. The van der Waals surface area contributed by atoms with Gasteiger partial charge < -0.3 is 14.2 Å². The van der Waals surface area contributed by atoms with Crippen LogP contribution in [0.3, 0.4) is 0 Å². The first-order chi connectivity index (χ1) is 18.1. The van der Waals surface area contributed by atoms with Gasteiger partial charge in [0.25, 0.3) is 5.56 Å². The number of carbonyl (C=O) groups is 1. The van der Waals surface area contributed by atoms with E-state index >= 15 is 0 Å². The normalized spacial score (nSPS) is 16.4. The average Bonchev–Trinajstić information content (AvgIpc) is 3.52. The average molecular weight is 511 g/mol. The van der Waals surface area contributed by atoms with Crippen molar-refractivity contribution in [3.63, 3.8) is 0 Å². The lowest BCUT2D eigenvalue weighted by Gasteiger charge is -2.26. The summed E-state index contributed by atoms with van der Waals surface area (Å²) in [6.07, 6.45) is 1.84. The summed E-state index contributed by atoms with van der Waals surface area (Å²) in [5.41, 5.74) is 2.91. The number of hydrogen-bond donors (Lipinski definition) is 0. The van der Waals surface area contributed by atoms with Crippen molar-refractivity contribution < 1.29 is 19.0 Å². The van der Waals surface area contributed by atoms with Crippen LogP contribution in [0.2, 0.25) is 0 Å². The van der Waals surface area contributed by atoms with Crippen molar-refractivity contribution in [3.8, 4) is 11.5 Å². The lowest BCUT2D eigenvalue weighted by Crippen LogP contribution is -2.40. The molecule has 7 nitrogen and oxygen atoms in total. The topological polar surface area (TPSA) is 79.1 Å². The van der Waals surface area contributed by atoms with Crippen LogP contribution in [0, 0.1) is 0 Å². The second-order valence-corrected chi connectivity index (χ2v) is 9.46. The third kappa shape index (κ3) is 4.15. The largest absolute Gasteiger partial charge is 0.463 e. The summed E-state index contributed by atoms with van der Waals surface area (Å²) in [5, 5.41) is 0. The molecule has 2 aliphatic rings. The Morgan fingerprint density at radius 2 is 1.78 bits per heavy atom. The quantitative estimate of drug-likeness (QED) is 0.383. The van der Waals surface area contributed by atoms with Gasteiger partial charge in [-0.25, -0.2) is 9.79 Å². The number of aromatic nitrogens is 1. The third-order valence-corrected chi connectivity index (χ3v) is 7.17. The highest BCUT2D eigenvalue weighted by molar-refractivity contribution is 7.07. The number of esters is 1. The molecule has 0 N–H and O–H groups in total. The zero-order valence-corrected chi connectivity index (χ0v) is 20.7. The number of benzene rings is 3. The van der Waals surface area contributed by atoms with Crippen LogP contribution >= 0.6 is 11.3 Å². The lowest BCUT2D eigenvalue weighted by atomic mass is 9.93. The molecule has 0 fully saturated rings. The molecule has 1 atom stereocenters. The molecule has 3 aromatic carbocycles. The molecule has 0 saturated heterocycles. The first kappa shape index (κ1) is 23.0. The molecule has 0 bridgehead atoms. The molecule has 6 rings (SSSR count). The number of hydrogen-bond acceptors (Lipinski definition) is 7. The Morgan fingerprint density at radius 3 is 2.54 bits per heavy atom. The Morgan fingerprint density at radius 1 is 1.05 bits per heavy atom. The smallest absolute Gasteiger partial charge is 0.338 e. The monoisotopic (exact) mass is 510 g/mol. The van der Waals surface area contributed by atoms with Gasteiger partial charge in [0.1, 0.15) is 0 Å². The van der Waals surface area contributed by atoms with Gasteiger partial charge in [0.05, 0.1) is 28.5 Å². The van der Waals surface area contributed by atoms with Gasteiger partial charge in [0.2, 0.25) is 6.79 Å². The highest BCUT2D eigenvalue weighted by Gasteiger charge is 2.36. The van der Waals surface area contributed by atoms with Gasteiger partial charge in [-0.2, -0.15) is 0 Å². The fraction of sp³-hybridized carbons (Fsp3) is 0.138. The SMILES string of the molecule is CCOC(=O)C1=C(c2ccccc2)N=c2sc(=Cc3ccccc3)c(=O)n2C1c1ccc2c(c1)OCO2. The van der Waals surface area contributed by atoms with E-state index in [0.717, 1.165) is 11.1 Å². The molecule has 8 heteroatoms. The van der Waals surface area contributed by atoms with Crippen molar-refractivity contribution in [3.05, 3.63) is 121 Å². The molecule has 4 aromatic rings. The standard InChI is InChI=1S/C29H22N2O5S/c1-2-34-28(33)24-25(19-11-7-4-8-12-19)30-29-31(26(24)20-13-14-21-22(16-20)36-17-35-21)27(32)23(37-29)15-18-9-5-3-6-10-18/h3-16,26H,2,17H2,1H3. The van der Waals surface area contributed by atoms with E-state index in [-0.39, 0.29) is 19.0 Å². The van der Waals surface area contributed by atoms with Crippen LogP contribution in [0.5, 0.6) is 11.5 Å². The second kappa shape index (κ2) is 9.55. The molecule has 0 amide bonds. The molecule has 0 saturated carbocycles. The molecule has 2 aliphatic heterocycles. The maximum atomic E-state index is 13.9. The Balaban J connectivity index is 1.66. The molecule has 0 aliphatic carbocycles.